The lowest BCUT2D eigenvalue weighted by atomic mass is 9.87. The Bertz CT molecular complexity index is 2120. The van der Waals surface area contributed by atoms with Crippen molar-refractivity contribution in [1.82, 2.24) is 14.8 Å². The van der Waals surface area contributed by atoms with Crippen molar-refractivity contribution in [2.24, 2.45) is 0 Å². The molecule has 9 rings (SSSR count). The van der Waals surface area contributed by atoms with Gasteiger partial charge in [-0.25, -0.2) is 4.98 Å². The Morgan fingerprint density at radius 2 is 1.42 bits per heavy atom. The normalized spacial score (nSPS) is 18.2. The topological polar surface area (TPSA) is 74.8 Å². The van der Waals surface area contributed by atoms with E-state index >= 15 is 0 Å². The Morgan fingerprint density at radius 3 is 2.15 bits per heavy atom. The predicted octanol–water partition coefficient (Wildman–Crippen LogP) is 8.78. The molecule has 53 heavy (non-hydrogen) atoms. The quantitative estimate of drug-likeness (QED) is 0.159. The lowest BCUT2D eigenvalue weighted by Crippen LogP contribution is -2.34. The van der Waals surface area contributed by atoms with Gasteiger partial charge in [0.25, 0.3) is 0 Å². The molecule has 274 valence electrons. The molecule has 10 heteroatoms. The fourth-order valence-electron chi connectivity index (χ4n) is 7.88. The van der Waals surface area contributed by atoms with Crippen molar-refractivity contribution in [3.63, 3.8) is 0 Å². The van der Waals surface area contributed by atoms with Gasteiger partial charge in [-0.05, 0) is 116 Å². The van der Waals surface area contributed by atoms with Crippen LogP contribution in [0.2, 0.25) is 5.15 Å². The number of fused-ring (bicyclic) bond motifs is 2. The minimum Gasteiger partial charge on any atom is -0.493 e. The lowest BCUT2D eigenvalue weighted by Gasteiger charge is -2.37. The molecule has 0 radical (unpaired) electrons. The lowest BCUT2D eigenvalue weighted by molar-refractivity contribution is 0.220. The third kappa shape index (κ3) is 6.97. The molecule has 6 bridgehead atoms. The van der Waals surface area contributed by atoms with Crippen molar-refractivity contribution in [3.05, 3.63) is 123 Å². The number of likely N-dealkylation sites (N-methyl/N-ethyl adjacent to an activating group) is 2. The second-order valence-corrected chi connectivity index (χ2v) is 14.4. The maximum Gasteiger partial charge on any atom is 0.204 e. The molecule has 0 spiro atoms. The molecule has 2 atom stereocenters. The van der Waals surface area contributed by atoms with Crippen LogP contribution in [0.4, 0.5) is 0 Å². The van der Waals surface area contributed by atoms with Crippen LogP contribution in [-0.4, -0.2) is 63.3 Å². The molecule has 4 aromatic carbocycles. The van der Waals surface area contributed by atoms with Crippen LogP contribution in [0, 0.1) is 0 Å². The third-order valence-electron chi connectivity index (χ3n) is 10.8. The highest BCUT2D eigenvalue weighted by atomic mass is 35.5. The molecule has 0 saturated heterocycles. The highest BCUT2D eigenvalue weighted by Gasteiger charge is 2.35. The first kappa shape index (κ1) is 35.1. The Hall–Kier alpha value is -4.96. The molecule has 0 N–H and O–H groups in total. The third-order valence-corrected chi connectivity index (χ3v) is 11.0. The van der Waals surface area contributed by atoms with Crippen LogP contribution in [-0.2, 0) is 32.3 Å². The van der Waals surface area contributed by atoms with Crippen LogP contribution in [0.1, 0.15) is 51.0 Å². The molecule has 0 amide bonds. The summed E-state index contributed by atoms with van der Waals surface area (Å²) in [5.74, 6) is 5.18. The van der Waals surface area contributed by atoms with Gasteiger partial charge in [-0.3, -0.25) is 9.80 Å². The molecule has 0 saturated carbocycles. The van der Waals surface area contributed by atoms with Gasteiger partial charge in [-0.1, -0.05) is 35.9 Å². The van der Waals surface area contributed by atoms with E-state index in [-0.39, 0.29) is 12.1 Å². The molecule has 5 heterocycles. The first-order chi connectivity index (χ1) is 25.8. The van der Waals surface area contributed by atoms with Gasteiger partial charge in [-0.2, -0.15) is 0 Å². The summed E-state index contributed by atoms with van der Waals surface area (Å²) in [6.07, 6.45) is 4.98. The molecular weight excluding hydrogens is 690 g/mol. The zero-order valence-corrected chi connectivity index (χ0v) is 31.5. The molecule has 0 fully saturated rings. The summed E-state index contributed by atoms with van der Waals surface area (Å²) in [6, 6.07) is 24.8. The van der Waals surface area contributed by atoms with Crippen molar-refractivity contribution in [2.45, 2.75) is 44.4 Å². The van der Waals surface area contributed by atoms with E-state index in [0.717, 1.165) is 60.4 Å². The first-order valence-corrected chi connectivity index (χ1v) is 18.4. The second kappa shape index (κ2) is 14.8. The zero-order valence-electron chi connectivity index (χ0n) is 30.8. The Morgan fingerprint density at radius 1 is 0.717 bits per heavy atom. The van der Waals surface area contributed by atoms with Gasteiger partial charge in [0.1, 0.15) is 17.5 Å². The summed E-state index contributed by atoms with van der Waals surface area (Å²) in [5, 5.41) is 0.443. The van der Waals surface area contributed by atoms with Gasteiger partial charge < -0.3 is 28.4 Å². The number of hydrogen-bond donors (Lipinski definition) is 0. The minimum absolute atomic E-state index is 0.0472. The molecule has 4 aliphatic heterocycles. The van der Waals surface area contributed by atoms with E-state index in [1.807, 2.05) is 24.3 Å². The fraction of sp³-hybridized carbons (Fsp3) is 0.326. The zero-order chi connectivity index (χ0) is 36.6. The van der Waals surface area contributed by atoms with E-state index in [9.17, 15) is 0 Å². The van der Waals surface area contributed by atoms with Gasteiger partial charge >= 0.3 is 0 Å². The van der Waals surface area contributed by atoms with E-state index in [0.29, 0.717) is 58.4 Å². The standard InChI is InChI=1S/C43H44ClN3O6/c1-46-16-14-29-21-36(48-3)38-23-32(29)33(46)18-26-6-10-31(11-7-26)52-37-20-27(8-12-35(37)51-25-28-9-13-40(44)45-24-28)19-34-41-30(15-17-47(34)2)22-39(49-4)42(50-5)43(41)53-38/h6-13,20-24,33-34H,14-19,25H2,1-5H3/t33-,34+/m0/s1. The number of rotatable bonds is 6. The molecular formula is C43H44ClN3O6. The van der Waals surface area contributed by atoms with Gasteiger partial charge in [0.15, 0.2) is 34.5 Å². The van der Waals surface area contributed by atoms with E-state index in [1.54, 1.807) is 33.6 Å². The average Bonchev–Trinajstić information content (AvgIpc) is 3.17. The number of nitrogens with zero attached hydrogens (tertiary/aromatic N) is 3. The van der Waals surface area contributed by atoms with E-state index in [2.05, 4.69) is 71.3 Å². The first-order valence-electron chi connectivity index (χ1n) is 18.0. The van der Waals surface area contributed by atoms with Gasteiger partial charge in [0.2, 0.25) is 5.75 Å². The highest BCUT2D eigenvalue weighted by molar-refractivity contribution is 6.29. The Labute approximate surface area is 315 Å². The van der Waals surface area contributed by atoms with Crippen molar-refractivity contribution >= 4 is 11.6 Å². The number of hydrogen-bond acceptors (Lipinski definition) is 9. The molecule has 9 nitrogen and oxygen atoms in total. The summed E-state index contributed by atoms with van der Waals surface area (Å²) in [4.78, 5) is 9.01. The average molecular weight is 734 g/mol. The number of pyridine rings is 1. The largest absolute Gasteiger partial charge is 0.493 e. The number of ether oxygens (including phenoxy) is 6. The fourth-order valence-corrected chi connectivity index (χ4v) is 7.99. The second-order valence-electron chi connectivity index (χ2n) is 14.0. The van der Waals surface area contributed by atoms with Crippen LogP contribution in [0.25, 0.3) is 0 Å². The molecule has 4 aliphatic rings. The van der Waals surface area contributed by atoms with Crippen molar-refractivity contribution in [2.75, 3.05) is 48.5 Å². The van der Waals surface area contributed by atoms with Crippen molar-refractivity contribution < 1.29 is 28.4 Å². The monoisotopic (exact) mass is 733 g/mol. The smallest absolute Gasteiger partial charge is 0.204 e. The summed E-state index contributed by atoms with van der Waals surface area (Å²) >= 11 is 6.04. The van der Waals surface area contributed by atoms with E-state index < -0.39 is 0 Å². The maximum absolute atomic E-state index is 7.08. The summed E-state index contributed by atoms with van der Waals surface area (Å²) in [6.45, 7) is 2.13. The van der Waals surface area contributed by atoms with Gasteiger partial charge in [-0.15, -0.1) is 0 Å². The SMILES string of the molecule is COc1cc2c3cc1Oc1c(OC)c(OC)cc4c1[C@@H](Cc1ccc(OCc5ccc(Cl)nc5)c(c1)Oc1ccc(cc1)C[C@@H]3N(C)CC2)N(C)CC4. The van der Waals surface area contributed by atoms with E-state index in [4.69, 9.17) is 40.0 Å². The molecule has 0 unspecified atom stereocenters. The van der Waals surface area contributed by atoms with Gasteiger partial charge in [0.05, 0.1) is 21.3 Å². The molecule has 1 aromatic heterocycles. The molecule has 5 aromatic rings. The summed E-state index contributed by atoms with van der Waals surface area (Å²) < 4.78 is 38.1. The number of methoxy groups -OCH3 is 3. The number of aromatic nitrogens is 1. The summed E-state index contributed by atoms with van der Waals surface area (Å²) in [7, 11) is 9.40. The number of benzene rings is 4. The highest BCUT2D eigenvalue weighted by Crippen LogP contribution is 2.52. The Balaban J connectivity index is 1.29. The summed E-state index contributed by atoms with van der Waals surface area (Å²) in [5.41, 5.74) is 7.93. The van der Waals surface area contributed by atoms with Gasteiger partial charge in [0, 0.05) is 42.5 Å². The van der Waals surface area contributed by atoms with Crippen LogP contribution in [0.5, 0.6) is 46.0 Å². The van der Waals surface area contributed by atoms with Crippen molar-refractivity contribution in [3.8, 4) is 46.0 Å². The maximum atomic E-state index is 7.08. The van der Waals surface area contributed by atoms with Crippen LogP contribution < -0.4 is 28.4 Å². The van der Waals surface area contributed by atoms with E-state index in [1.165, 1.54) is 16.7 Å². The minimum atomic E-state index is -0.0472. The molecule has 0 aliphatic carbocycles. The number of halogens is 1. The van der Waals surface area contributed by atoms with Crippen molar-refractivity contribution in [1.29, 1.82) is 0 Å². The Kier molecular flexibility index (Phi) is 9.81. The predicted molar refractivity (Wildman–Crippen MR) is 205 cm³/mol. The van der Waals surface area contributed by atoms with Crippen LogP contribution in [0.15, 0.2) is 79.0 Å². The van der Waals surface area contributed by atoms with Crippen LogP contribution >= 0.6 is 11.6 Å². The van der Waals surface area contributed by atoms with Crippen LogP contribution in [0.3, 0.4) is 0 Å².